The van der Waals surface area contributed by atoms with Gasteiger partial charge >= 0.3 is 12.6 Å². The molecule has 10 nitrogen and oxygen atoms in total. The summed E-state index contributed by atoms with van der Waals surface area (Å²) in [5.74, 6) is 0.116. The van der Waals surface area contributed by atoms with E-state index in [0.717, 1.165) is 10.6 Å². The molecule has 35 heavy (non-hydrogen) atoms. The fourth-order valence-electron chi connectivity index (χ4n) is 4.05. The Hall–Kier alpha value is -3.32. The first kappa shape index (κ1) is 23.4. The average Bonchev–Trinajstić information content (AvgIpc) is 3.18. The summed E-state index contributed by atoms with van der Waals surface area (Å²) in [6, 6.07) is 4.34. The molecule has 3 aromatic rings. The number of hydrogen-bond donors (Lipinski definition) is 3. The van der Waals surface area contributed by atoms with E-state index in [1.165, 1.54) is 23.6 Å². The fourth-order valence-corrected chi connectivity index (χ4v) is 5.09. The molecule has 4 heterocycles. The van der Waals surface area contributed by atoms with Crippen LogP contribution in [0, 0.1) is 0 Å². The van der Waals surface area contributed by atoms with Gasteiger partial charge in [0.2, 0.25) is 5.88 Å². The number of pyridine rings is 1. The molecule has 1 fully saturated rings. The topological polar surface area (TPSA) is 126 Å². The van der Waals surface area contributed by atoms with Crippen molar-refractivity contribution in [1.29, 1.82) is 0 Å². The second-order valence-electron chi connectivity index (χ2n) is 8.75. The van der Waals surface area contributed by atoms with Crippen LogP contribution in [0.4, 0.5) is 24.7 Å². The molecule has 0 unspecified atom stereocenters. The molecule has 0 spiro atoms. The van der Waals surface area contributed by atoms with E-state index in [2.05, 4.69) is 30.3 Å². The number of aliphatic hydroxyl groups is 1. The number of amides is 2. The van der Waals surface area contributed by atoms with Crippen LogP contribution >= 0.6 is 11.3 Å². The van der Waals surface area contributed by atoms with Crippen LogP contribution < -0.4 is 20.3 Å². The van der Waals surface area contributed by atoms with E-state index in [-0.39, 0.29) is 24.5 Å². The maximum atomic E-state index is 12.5. The molecule has 1 saturated carbocycles. The van der Waals surface area contributed by atoms with Gasteiger partial charge in [0, 0.05) is 25.1 Å². The summed E-state index contributed by atoms with van der Waals surface area (Å²) in [4.78, 5) is 28.2. The first-order valence-electron chi connectivity index (χ1n) is 11.1. The summed E-state index contributed by atoms with van der Waals surface area (Å²) in [6.07, 6.45) is 3.50. The zero-order chi connectivity index (χ0) is 24.7. The maximum absolute atomic E-state index is 12.5. The summed E-state index contributed by atoms with van der Waals surface area (Å²) in [5, 5.41) is 15.8. The van der Waals surface area contributed by atoms with Crippen LogP contribution in [0.25, 0.3) is 11.5 Å². The number of anilines is 2. The van der Waals surface area contributed by atoms with Crippen LogP contribution in [-0.2, 0) is 6.42 Å². The zero-order valence-corrected chi connectivity index (χ0v) is 19.8. The minimum atomic E-state index is -2.97. The van der Waals surface area contributed by atoms with E-state index in [9.17, 15) is 18.7 Å². The lowest BCUT2D eigenvalue weighted by molar-refractivity contribution is -0.0527. The van der Waals surface area contributed by atoms with Gasteiger partial charge in [0.05, 0.1) is 28.4 Å². The van der Waals surface area contributed by atoms with Crippen LogP contribution in [-0.4, -0.2) is 50.9 Å². The summed E-state index contributed by atoms with van der Waals surface area (Å²) < 4.78 is 35.4. The van der Waals surface area contributed by atoms with Crippen molar-refractivity contribution in [2.45, 2.75) is 57.4 Å². The molecule has 0 radical (unpaired) electrons. The molecular weight excluding hydrogens is 482 g/mol. The number of rotatable bonds is 7. The van der Waals surface area contributed by atoms with Crippen molar-refractivity contribution in [3.63, 3.8) is 0 Å². The van der Waals surface area contributed by atoms with Crippen molar-refractivity contribution in [3.8, 4) is 17.3 Å². The van der Waals surface area contributed by atoms with Gasteiger partial charge in [-0.15, -0.1) is 0 Å². The van der Waals surface area contributed by atoms with Crippen molar-refractivity contribution in [3.05, 3.63) is 35.0 Å². The lowest BCUT2D eigenvalue weighted by Gasteiger charge is -2.36. The van der Waals surface area contributed by atoms with Gasteiger partial charge in [0.1, 0.15) is 5.69 Å². The highest BCUT2D eigenvalue weighted by Crippen LogP contribution is 2.41. The van der Waals surface area contributed by atoms with Crippen LogP contribution in [0.2, 0.25) is 0 Å². The highest BCUT2D eigenvalue weighted by Gasteiger charge is 2.40. The number of carbonyl (C=O) groups excluding carboxylic acids is 1. The predicted molar refractivity (Wildman–Crippen MR) is 124 cm³/mol. The Kier molecular flexibility index (Phi) is 6.05. The Labute approximate surface area is 203 Å². The lowest BCUT2D eigenvalue weighted by Crippen LogP contribution is -2.40. The lowest BCUT2D eigenvalue weighted by atomic mass is 10.0. The van der Waals surface area contributed by atoms with Crippen molar-refractivity contribution < 1.29 is 27.8 Å². The van der Waals surface area contributed by atoms with Gasteiger partial charge in [-0.2, -0.15) is 8.78 Å². The number of ether oxygens (including phenoxy) is 1. The van der Waals surface area contributed by atoms with Crippen LogP contribution in [0.5, 0.6) is 5.88 Å². The Balaban J connectivity index is 1.30. The first-order valence-corrected chi connectivity index (χ1v) is 12.0. The molecule has 5 rings (SSSR count). The number of halogens is 2. The number of carbonyl (C=O) groups is 1. The summed E-state index contributed by atoms with van der Waals surface area (Å²) in [7, 11) is 0. The van der Waals surface area contributed by atoms with E-state index in [0.29, 0.717) is 41.9 Å². The molecule has 3 N–H and O–H groups in total. The number of aromatic nitrogens is 3. The van der Waals surface area contributed by atoms with E-state index < -0.39 is 18.2 Å². The van der Waals surface area contributed by atoms with E-state index in [4.69, 9.17) is 4.42 Å². The number of alkyl halides is 2. The summed E-state index contributed by atoms with van der Waals surface area (Å²) >= 11 is 1.38. The molecule has 2 aliphatic rings. The quantitative estimate of drug-likeness (QED) is 0.440. The van der Waals surface area contributed by atoms with Crippen molar-refractivity contribution in [2.24, 2.45) is 0 Å². The summed E-state index contributed by atoms with van der Waals surface area (Å²) in [5.41, 5.74) is 0.449. The monoisotopic (exact) mass is 506 g/mol. The SMILES string of the molecule is C[C@@H]1Cc2nc(NC(=O)NCC3(O)CC3)sc2[C@H](C)N1c1ncc(-c2cccc(OC(F)F)n2)o1. The van der Waals surface area contributed by atoms with Crippen molar-refractivity contribution in [1.82, 2.24) is 20.3 Å². The highest BCUT2D eigenvalue weighted by atomic mass is 32.1. The number of fused-ring (bicyclic) bond motifs is 1. The predicted octanol–water partition coefficient (Wildman–Crippen LogP) is 3.95. The van der Waals surface area contributed by atoms with E-state index in [1.54, 1.807) is 12.1 Å². The molecule has 1 aliphatic heterocycles. The number of urea groups is 1. The van der Waals surface area contributed by atoms with E-state index >= 15 is 0 Å². The normalized spacial score (nSPS) is 20.5. The third-order valence-corrected chi connectivity index (χ3v) is 7.20. The van der Waals surface area contributed by atoms with Crippen molar-refractivity contribution >= 4 is 28.5 Å². The molecule has 1 aliphatic carbocycles. The Morgan fingerprint density at radius 2 is 2.17 bits per heavy atom. The van der Waals surface area contributed by atoms with E-state index in [1.807, 2.05) is 18.7 Å². The third-order valence-electron chi connectivity index (χ3n) is 6.01. The molecule has 3 aromatic heterocycles. The minimum Gasteiger partial charge on any atom is -0.422 e. The minimum absolute atomic E-state index is 0.00153. The third kappa shape index (κ3) is 5.05. The van der Waals surface area contributed by atoms with Gasteiger partial charge in [0.25, 0.3) is 6.01 Å². The molecular formula is C22H24F2N6O4S. The number of nitrogens with one attached hydrogen (secondary N) is 2. The molecule has 186 valence electrons. The largest absolute Gasteiger partial charge is 0.422 e. The maximum Gasteiger partial charge on any atom is 0.388 e. The molecule has 0 bridgehead atoms. The molecule has 0 saturated heterocycles. The zero-order valence-electron chi connectivity index (χ0n) is 19.0. The van der Waals surface area contributed by atoms with Gasteiger partial charge in [-0.25, -0.2) is 19.7 Å². The molecule has 13 heteroatoms. The Morgan fingerprint density at radius 1 is 1.37 bits per heavy atom. The molecule has 2 amide bonds. The van der Waals surface area contributed by atoms with Gasteiger partial charge in [-0.1, -0.05) is 17.4 Å². The Bertz CT molecular complexity index is 1230. The standard InChI is InChI=1S/C22H24F2N6O4S/c1-11-8-14-17(35-20(28-14)29-19(31)26-10-22(32)6-7-22)12(2)30(11)21-25-9-15(33-21)13-4-3-5-16(27-13)34-18(23)24/h3-5,9,11-12,18,32H,6-8,10H2,1-2H3,(H2,26,28,29,31)/t11-,12+/m1/s1. The van der Waals surface area contributed by atoms with Gasteiger partial charge < -0.3 is 24.5 Å². The Morgan fingerprint density at radius 3 is 2.91 bits per heavy atom. The summed E-state index contributed by atoms with van der Waals surface area (Å²) in [6.45, 7) is 1.26. The second kappa shape index (κ2) is 9.04. The van der Waals surface area contributed by atoms with Gasteiger partial charge in [-0.05, 0) is 32.8 Å². The number of nitrogens with zero attached hydrogens (tertiary/aromatic N) is 4. The fraction of sp³-hybridized carbons (Fsp3) is 0.455. The highest BCUT2D eigenvalue weighted by molar-refractivity contribution is 7.16. The second-order valence-corrected chi connectivity index (χ2v) is 9.78. The van der Waals surface area contributed by atoms with Gasteiger partial charge in [0.15, 0.2) is 10.9 Å². The van der Waals surface area contributed by atoms with Gasteiger partial charge in [-0.3, -0.25) is 5.32 Å². The number of oxazole rings is 1. The molecule has 2 atom stereocenters. The van der Waals surface area contributed by atoms with Crippen molar-refractivity contribution in [2.75, 3.05) is 16.8 Å². The number of hydrogen-bond acceptors (Lipinski definition) is 9. The molecule has 0 aromatic carbocycles. The van der Waals surface area contributed by atoms with Crippen LogP contribution in [0.15, 0.2) is 28.8 Å². The first-order chi connectivity index (χ1) is 16.7. The smallest absolute Gasteiger partial charge is 0.388 e. The van der Waals surface area contributed by atoms with Crippen LogP contribution in [0.1, 0.15) is 43.3 Å². The average molecular weight is 507 g/mol. The van der Waals surface area contributed by atoms with Crippen LogP contribution in [0.3, 0.4) is 0 Å². The number of thiazole rings is 1.